The quantitative estimate of drug-likeness (QED) is 0.398. The highest BCUT2D eigenvalue weighted by atomic mass is 16.5. The molecule has 0 spiro atoms. The van der Waals surface area contributed by atoms with E-state index < -0.39 is 0 Å². The van der Waals surface area contributed by atoms with E-state index in [-0.39, 0.29) is 24.1 Å². The molecule has 0 aliphatic carbocycles. The van der Waals surface area contributed by atoms with Crippen LogP contribution in [0.3, 0.4) is 0 Å². The second-order valence-corrected chi connectivity index (χ2v) is 5.52. The SMILES string of the molecule is Nc1cccc2cc(OC(=O)C3CC4C=CC3O4)ccc12. The molecule has 4 rings (SSSR count). The fraction of sp³-hybridized carbons (Fsp3) is 0.235. The summed E-state index contributed by atoms with van der Waals surface area (Å²) in [4.78, 5) is 12.2. The van der Waals surface area contributed by atoms with Gasteiger partial charge in [-0.25, -0.2) is 0 Å². The summed E-state index contributed by atoms with van der Waals surface area (Å²) in [5.41, 5.74) is 6.64. The van der Waals surface area contributed by atoms with Gasteiger partial charge in [0.05, 0.1) is 18.1 Å². The third-order valence-corrected chi connectivity index (χ3v) is 4.14. The Bertz CT molecular complexity index is 753. The van der Waals surface area contributed by atoms with Crippen LogP contribution in [0.15, 0.2) is 48.6 Å². The largest absolute Gasteiger partial charge is 0.426 e. The molecular formula is C17H15NO3. The van der Waals surface area contributed by atoms with Gasteiger partial charge in [0.25, 0.3) is 0 Å². The van der Waals surface area contributed by atoms with Crippen LogP contribution in [0.1, 0.15) is 6.42 Å². The maximum atomic E-state index is 12.2. The molecule has 2 N–H and O–H groups in total. The van der Waals surface area contributed by atoms with Crippen LogP contribution >= 0.6 is 0 Å². The smallest absolute Gasteiger partial charge is 0.317 e. The number of nitrogen functional groups attached to an aromatic ring is 1. The van der Waals surface area contributed by atoms with Gasteiger partial charge in [-0.1, -0.05) is 24.3 Å². The average molecular weight is 281 g/mol. The summed E-state index contributed by atoms with van der Waals surface area (Å²) in [6.45, 7) is 0. The van der Waals surface area contributed by atoms with Crippen molar-refractivity contribution in [3.8, 4) is 5.75 Å². The predicted octanol–water partition coefficient (Wildman–Crippen LogP) is 2.67. The van der Waals surface area contributed by atoms with Crippen LogP contribution in [0.25, 0.3) is 10.8 Å². The van der Waals surface area contributed by atoms with Gasteiger partial charge in [-0.2, -0.15) is 0 Å². The number of esters is 1. The predicted molar refractivity (Wildman–Crippen MR) is 79.9 cm³/mol. The number of fused-ring (bicyclic) bond motifs is 3. The van der Waals surface area contributed by atoms with E-state index in [4.69, 9.17) is 15.2 Å². The number of carbonyl (C=O) groups excluding carboxylic acids is 1. The Kier molecular flexibility index (Phi) is 2.72. The van der Waals surface area contributed by atoms with Gasteiger partial charge in [-0.15, -0.1) is 0 Å². The lowest BCUT2D eigenvalue weighted by Crippen LogP contribution is -2.27. The van der Waals surface area contributed by atoms with Crippen LogP contribution in [0.2, 0.25) is 0 Å². The zero-order valence-corrected chi connectivity index (χ0v) is 11.4. The molecule has 106 valence electrons. The van der Waals surface area contributed by atoms with E-state index in [0.717, 1.165) is 16.5 Å². The third-order valence-electron chi connectivity index (χ3n) is 4.14. The number of nitrogens with two attached hydrogens (primary N) is 1. The van der Waals surface area contributed by atoms with Crippen molar-refractivity contribution in [1.82, 2.24) is 0 Å². The summed E-state index contributed by atoms with van der Waals surface area (Å²) in [5, 5.41) is 1.92. The van der Waals surface area contributed by atoms with E-state index in [0.29, 0.717) is 12.2 Å². The number of benzene rings is 2. The van der Waals surface area contributed by atoms with Crippen molar-refractivity contribution in [3.05, 3.63) is 48.6 Å². The lowest BCUT2D eigenvalue weighted by Gasteiger charge is -2.14. The second-order valence-electron chi connectivity index (χ2n) is 5.52. The van der Waals surface area contributed by atoms with E-state index in [2.05, 4.69) is 0 Å². The molecule has 2 aliphatic rings. The van der Waals surface area contributed by atoms with Crippen molar-refractivity contribution >= 4 is 22.4 Å². The molecule has 3 atom stereocenters. The van der Waals surface area contributed by atoms with Gasteiger partial charge in [0.2, 0.25) is 0 Å². The van der Waals surface area contributed by atoms with Crippen LogP contribution in [-0.4, -0.2) is 18.2 Å². The van der Waals surface area contributed by atoms with Crippen molar-refractivity contribution < 1.29 is 14.3 Å². The molecule has 2 bridgehead atoms. The van der Waals surface area contributed by atoms with E-state index >= 15 is 0 Å². The Morgan fingerprint density at radius 1 is 1.24 bits per heavy atom. The molecular weight excluding hydrogens is 266 g/mol. The van der Waals surface area contributed by atoms with Crippen molar-refractivity contribution in [2.75, 3.05) is 5.73 Å². The van der Waals surface area contributed by atoms with Crippen LogP contribution < -0.4 is 10.5 Å². The Balaban J connectivity index is 1.57. The fourth-order valence-electron chi connectivity index (χ4n) is 3.05. The normalized spacial score (nSPS) is 26.4. The average Bonchev–Trinajstić information content (AvgIpc) is 3.10. The summed E-state index contributed by atoms with van der Waals surface area (Å²) >= 11 is 0. The molecule has 0 radical (unpaired) electrons. The molecule has 21 heavy (non-hydrogen) atoms. The zero-order valence-electron chi connectivity index (χ0n) is 11.4. The van der Waals surface area contributed by atoms with Gasteiger partial charge >= 0.3 is 5.97 Å². The third kappa shape index (κ3) is 2.08. The zero-order chi connectivity index (χ0) is 14.4. The lowest BCUT2D eigenvalue weighted by molar-refractivity contribution is -0.139. The van der Waals surface area contributed by atoms with Gasteiger partial charge in [-0.3, -0.25) is 4.79 Å². The Hall–Kier alpha value is -2.33. The lowest BCUT2D eigenvalue weighted by atomic mass is 9.94. The van der Waals surface area contributed by atoms with Crippen molar-refractivity contribution in [1.29, 1.82) is 0 Å². The molecule has 4 nitrogen and oxygen atoms in total. The number of ether oxygens (including phenoxy) is 2. The van der Waals surface area contributed by atoms with Gasteiger partial charge in [0, 0.05) is 11.1 Å². The highest BCUT2D eigenvalue weighted by molar-refractivity contribution is 5.94. The minimum Gasteiger partial charge on any atom is -0.426 e. The van der Waals surface area contributed by atoms with E-state index in [1.165, 1.54) is 0 Å². The summed E-state index contributed by atoms with van der Waals surface area (Å²) in [5.74, 6) is 0.122. The van der Waals surface area contributed by atoms with Crippen LogP contribution in [0, 0.1) is 5.92 Å². The summed E-state index contributed by atoms with van der Waals surface area (Å²) in [6.07, 6.45) is 4.61. The number of rotatable bonds is 2. The molecule has 2 aliphatic heterocycles. The van der Waals surface area contributed by atoms with Crippen molar-refractivity contribution in [2.45, 2.75) is 18.6 Å². The Labute approximate surface area is 122 Å². The van der Waals surface area contributed by atoms with Crippen molar-refractivity contribution in [2.24, 2.45) is 5.92 Å². The molecule has 0 saturated carbocycles. The monoisotopic (exact) mass is 281 g/mol. The minimum absolute atomic E-state index is 0.0731. The molecule has 2 heterocycles. The number of hydrogen-bond donors (Lipinski definition) is 1. The first-order valence-electron chi connectivity index (χ1n) is 7.04. The number of anilines is 1. The van der Waals surface area contributed by atoms with Gasteiger partial charge in [0.15, 0.2) is 0 Å². The molecule has 1 fully saturated rings. The molecule has 0 amide bonds. The van der Waals surface area contributed by atoms with E-state index in [1.54, 1.807) is 6.07 Å². The second kappa shape index (κ2) is 4.60. The summed E-state index contributed by atoms with van der Waals surface area (Å²) in [7, 11) is 0. The first kappa shape index (κ1) is 12.4. The Morgan fingerprint density at radius 3 is 2.90 bits per heavy atom. The maximum Gasteiger partial charge on any atom is 0.317 e. The van der Waals surface area contributed by atoms with Gasteiger partial charge < -0.3 is 15.2 Å². The molecule has 3 unspecified atom stereocenters. The molecule has 0 aromatic heterocycles. The van der Waals surface area contributed by atoms with Crippen molar-refractivity contribution in [3.63, 3.8) is 0 Å². The standard InChI is InChI=1S/C17H15NO3/c18-15-3-1-2-10-8-11(4-6-13(10)15)21-17(19)14-9-12-5-7-16(14)20-12/h1-8,12,14,16H,9,18H2. The summed E-state index contributed by atoms with van der Waals surface area (Å²) in [6, 6.07) is 11.2. The van der Waals surface area contributed by atoms with E-state index in [1.807, 2.05) is 42.5 Å². The maximum absolute atomic E-state index is 12.2. The van der Waals surface area contributed by atoms with Gasteiger partial charge in [0.1, 0.15) is 5.75 Å². The summed E-state index contributed by atoms with van der Waals surface area (Å²) < 4.78 is 11.1. The number of carbonyl (C=O) groups is 1. The molecule has 1 saturated heterocycles. The van der Waals surface area contributed by atoms with Crippen LogP contribution in [-0.2, 0) is 9.53 Å². The van der Waals surface area contributed by atoms with Gasteiger partial charge in [-0.05, 0) is 36.1 Å². The fourth-order valence-corrected chi connectivity index (χ4v) is 3.05. The first-order chi connectivity index (χ1) is 10.2. The minimum atomic E-state index is -0.227. The highest BCUT2D eigenvalue weighted by Gasteiger charge is 2.42. The van der Waals surface area contributed by atoms with Crippen LogP contribution in [0.4, 0.5) is 5.69 Å². The first-order valence-corrected chi connectivity index (χ1v) is 7.04. The molecule has 2 aromatic carbocycles. The molecule has 4 heteroatoms. The highest BCUT2D eigenvalue weighted by Crippen LogP contribution is 2.35. The van der Waals surface area contributed by atoms with E-state index in [9.17, 15) is 4.79 Å². The topological polar surface area (TPSA) is 61.5 Å². The molecule has 2 aromatic rings. The Morgan fingerprint density at radius 2 is 2.14 bits per heavy atom. The van der Waals surface area contributed by atoms with Crippen LogP contribution in [0.5, 0.6) is 5.75 Å². The number of hydrogen-bond acceptors (Lipinski definition) is 4.